The van der Waals surface area contributed by atoms with E-state index in [9.17, 15) is 19.8 Å². The molecule has 3 aromatic carbocycles. The van der Waals surface area contributed by atoms with Gasteiger partial charge in [-0.15, -0.1) is 0 Å². The van der Waals surface area contributed by atoms with Crippen molar-refractivity contribution in [2.45, 2.75) is 12.5 Å². The molecule has 0 aliphatic heterocycles. The summed E-state index contributed by atoms with van der Waals surface area (Å²) in [5.41, 5.74) is 3.83. The summed E-state index contributed by atoms with van der Waals surface area (Å²) in [5.74, 6) is 1.12. The van der Waals surface area contributed by atoms with Crippen LogP contribution in [-0.2, 0) is 6.42 Å². The number of aromatic nitrogens is 1. The smallest absolute Gasteiger partial charge is 0.407 e. The van der Waals surface area contributed by atoms with Crippen molar-refractivity contribution in [3.8, 4) is 22.6 Å². The molecule has 36 heavy (non-hydrogen) atoms. The van der Waals surface area contributed by atoms with E-state index in [1.54, 1.807) is 24.4 Å². The number of aliphatic hydroxyl groups excluding tert-OH is 1. The summed E-state index contributed by atoms with van der Waals surface area (Å²) in [5, 5.41) is 20.0. The van der Waals surface area contributed by atoms with E-state index in [-0.39, 0.29) is 13.1 Å². The van der Waals surface area contributed by atoms with Crippen LogP contribution in [-0.4, -0.2) is 45.6 Å². The number of ether oxygens (including phenoxy) is 1. The largest absolute Gasteiger partial charge is 0.465 e. The number of benzene rings is 3. The average molecular weight is 483 g/mol. The van der Waals surface area contributed by atoms with Gasteiger partial charge >= 0.3 is 6.09 Å². The quantitative estimate of drug-likeness (QED) is 0.285. The molecule has 1 atom stereocenters. The third kappa shape index (κ3) is 6.34. The first-order valence-electron chi connectivity index (χ1n) is 11.5. The Hall–Kier alpha value is -4.49. The lowest BCUT2D eigenvalue weighted by atomic mass is 10.0. The number of nitrogens with zero attached hydrogens (tertiary/aromatic N) is 2. The van der Waals surface area contributed by atoms with E-state index in [0.717, 1.165) is 23.0 Å². The molecule has 0 spiro atoms. The summed E-state index contributed by atoms with van der Waals surface area (Å²) < 4.78 is 5.92. The van der Waals surface area contributed by atoms with Crippen molar-refractivity contribution < 1.29 is 24.5 Å². The molecule has 4 aromatic rings. The molecule has 4 rings (SSSR count). The lowest BCUT2D eigenvalue weighted by Gasteiger charge is -2.22. The summed E-state index contributed by atoms with van der Waals surface area (Å²) in [6.45, 7) is 0.210. The third-order valence-corrected chi connectivity index (χ3v) is 5.80. The molecule has 182 valence electrons. The van der Waals surface area contributed by atoms with Gasteiger partial charge in [-0.05, 0) is 53.4 Å². The summed E-state index contributed by atoms with van der Waals surface area (Å²) >= 11 is 0. The Labute approximate surface area is 209 Å². The number of para-hydroxylation sites is 1. The Morgan fingerprint density at radius 3 is 2.39 bits per heavy atom. The molecule has 0 unspecified atom stereocenters. The first-order chi connectivity index (χ1) is 17.5. The highest BCUT2D eigenvalue weighted by Gasteiger charge is 2.18. The van der Waals surface area contributed by atoms with Crippen molar-refractivity contribution >= 4 is 12.4 Å². The predicted molar refractivity (Wildman–Crippen MR) is 136 cm³/mol. The Balaban J connectivity index is 1.42. The van der Waals surface area contributed by atoms with Crippen molar-refractivity contribution in [3.63, 3.8) is 0 Å². The number of amides is 1. The monoisotopic (exact) mass is 482 g/mol. The number of carbonyl (C=O) groups excluding carboxylic acids is 1. The molecule has 0 fully saturated rings. The zero-order valence-electron chi connectivity index (χ0n) is 19.5. The number of rotatable bonds is 10. The SMILES string of the molecule is O=Cc1ccc(-c2ccc(CCN(C[C@@H](O)c3cccnc3)C(=O)O)cc2)cc1Oc1ccccc1. The van der Waals surface area contributed by atoms with E-state index in [0.29, 0.717) is 29.0 Å². The number of hydrogen-bond donors (Lipinski definition) is 2. The average Bonchev–Trinajstić information content (AvgIpc) is 2.92. The molecule has 1 amide bonds. The van der Waals surface area contributed by atoms with Gasteiger partial charge in [-0.3, -0.25) is 9.78 Å². The Morgan fingerprint density at radius 2 is 1.72 bits per heavy atom. The maximum atomic E-state index is 11.7. The van der Waals surface area contributed by atoms with Crippen molar-refractivity contribution in [2.75, 3.05) is 13.1 Å². The zero-order valence-corrected chi connectivity index (χ0v) is 19.5. The Kier molecular flexibility index (Phi) is 8.05. The van der Waals surface area contributed by atoms with Gasteiger partial charge in [-0.2, -0.15) is 0 Å². The molecule has 7 nitrogen and oxygen atoms in total. The van der Waals surface area contributed by atoms with Crippen molar-refractivity contribution in [2.24, 2.45) is 0 Å². The fourth-order valence-electron chi connectivity index (χ4n) is 3.80. The van der Waals surface area contributed by atoms with Crippen LogP contribution in [0, 0.1) is 0 Å². The highest BCUT2D eigenvalue weighted by Crippen LogP contribution is 2.30. The van der Waals surface area contributed by atoms with Crippen LogP contribution in [0.5, 0.6) is 11.5 Å². The van der Waals surface area contributed by atoms with E-state index < -0.39 is 12.2 Å². The van der Waals surface area contributed by atoms with E-state index in [1.165, 1.54) is 11.1 Å². The maximum Gasteiger partial charge on any atom is 0.407 e. The van der Waals surface area contributed by atoms with E-state index in [2.05, 4.69) is 4.98 Å². The van der Waals surface area contributed by atoms with Crippen molar-refractivity contribution in [3.05, 3.63) is 114 Å². The standard InChI is InChI=1S/C29H26N2O5/c32-20-25-13-12-23(17-28(25)36-26-6-2-1-3-7-26)22-10-8-21(9-11-22)14-16-31(29(34)35)19-27(33)24-5-4-15-30-18-24/h1-13,15,17-18,20,27,33H,14,16,19H2,(H,34,35)/t27-/m1/s1. The molecule has 1 aromatic heterocycles. The minimum Gasteiger partial charge on any atom is -0.465 e. The summed E-state index contributed by atoms with van der Waals surface area (Å²) in [4.78, 5) is 28.4. The topological polar surface area (TPSA) is 100.0 Å². The number of aliphatic hydroxyl groups is 1. The molecule has 2 N–H and O–H groups in total. The summed E-state index contributed by atoms with van der Waals surface area (Å²) in [6, 6.07) is 25.9. The number of carboxylic acid groups (broad SMARTS) is 1. The molecule has 0 radical (unpaired) electrons. The van der Waals surface area contributed by atoms with Gasteiger partial charge in [0, 0.05) is 24.5 Å². The van der Waals surface area contributed by atoms with Crippen LogP contribution >= 0.6 is 0 Å². The first-order valence-corrected chi connectivity index (χ1v) is 11.5. The summed E-state index contributed by atoms with van der Waals surface area (Å²) in [6.07, 6.45) is 2.36. The lowest BCUT2D eigenvalue weighted by Crippen LogP contribution is -2.35. The fourth-order valence-corrected chi connectivity index (χ4v) is 3.80. The second-order valence-corrected chi connectivity index (χ2v) is 8.26. The van der Waals surface area contributed by atoms with E-state index in [1.807, 2.05) is 66.7 Å². The summed E-state index contributed by atoms with van der Waals surface area (Å²) in [7, 11) is 0. The number of aldehydes is 1. The number of carbonyl (C=O) groups is 2. The van der Waals surface area contributed by atoms with Crippen LogP contribution < -0.4 is 4.74 Å². The maximum absolute atomic E-state index is 11.7. The molecule has 0 saturated carbocycles. The molecule has 7 heteroatoms. The zero-order chi connectivity index (χ0) is 25.3. The van der Waals surface area contributed by atoms with E-state index in [4.69, 9.17) is 4.74 Å². The fraction of sp³-hybridized carbons (Fsp3) is 0.138. The lowest BCUT2D eigenvalue weighted by molar-refractivity contribution is 0.0971. The van der Waals surface area contributed by atoms with Crippen LogP contribution in [0.2, 0.25) is 0 Å². The predicted octanol–water partition coefficient (Wildman–Crippen LogP) is 5.61. The highest BCUT2D eigenvalue weighted by atomic mass is 16.5. The molecular weight excluding hydrogens is 456 g/mol. The van der Waals surface area contributed by atoms with Gasteiger partial charge in [0.15, 0.2) is 6.29 Å². The van der Waals surface area contributed by atoms with Gasteiger partial charge in [-0.25, -0.2) is 4.79 Å². The Morgan fingerprint density at radius 1 is 0.972 bits per heavy atom. The van der Waals surface area contributed by atoms with Gasteiger partial charge in [0.25, 0.3) is 0 Å². The minimum absolute atomic E-state index is 0.0353. The van der Waals surface area contributed by atoms with E-state index >= 15 is 0 Å². The van der Waals surface area contributed by atoms with Gasteiger partial charge in [-0.1, -0.05) is 54.6 Å². The normalized spacial score (nSPS) is 11.5. The number of pyridine rings is 1. The van der Waals surface area contributed by atoms with Gasteiger partial charge in [0.2, 0.25) is 0 Å². The van der Waals surface area contributed by atoms with Crippen molar-refractivity contribution in [1.29, 1.82) is 0 Å². The molecule has 0 aliphatic rings. The van der Waals surface area contributed by atoms with Gasteiger partial charge < -0.3 is 19.8 Å². The molecule has 0 saturated heterocycles. The first kappa shape index (κ1) is 24.6. The molecule has 0 aliphatic carbocycles. The second-order valence-electron chi connectivity index (χ2n) is 8.26. The van der Waals surface area contributed by atoms with Crippen LogP contribution in [0.3, 0.4) is 0 Å². The second kappa shape index (κ2) is 11.8. The number of hydrogen-bond acceptors (Lipinski definition) is 5. The molecule has 0 bridgehead atoms. The van der Waals surface area contributed by atoms with Gasteiger partial charge in [0.05, 0.1) is 18.2 Å². The van der Waals surface area contributed by atoms with Crippen LogP contribution in [0.4, 0.5) is 4.79 Å². The Bertz CT molecular complexity index is 1290. The minimum atomic E-state index is -1.09. The van der Waals surface area contributed by atoms with Gasteiger partial charge in [0.1, 0.15) is 11.5 Å². The van der Waals surface area contributed by atoms with Crippen molar-refractivity contribution in [1.82, 2.24) is 9.88 Å². The molecule has 1 heterocycles. The van der Waals surface area contributed by atoms with Crippen LogP contribution in [0.25, 0.3) is 11.1 Å². The third-order valence-electron chi connectivity index (χ3n) is 5.80. The highest BCUT2D eigenvalue weighted by molar-refractivity contribution is 5.82. The molecular formula is C29H26N2O5. The van der Waals surface area contributed by atoms with Crippen LogP contribution in [0.15, 0.2) is 97.3 Å². The van der Waals surface area contributed by atoms with Crippen LogP contribution in [0.1, 0.15) is 27.6 Å².